The van der Waals surface area contributed by atoms with E-state index in [1.54, 1.807) is 0 Å². The summed E-state index contributed by atoms with van der Waals surface area (Å²) in [6.45, 7) is 3.56. The molecule has 0 rings (SSSR count). The van der Waals surface area contributed by atoms with Gasteiger partial charge in [0.05, 0.1) is 5.75 Å². The molecule has 0 aliphatic carbocycles. The van der Waals surface area contributed by atoms with Crippen LogP contribution in [0.15, 0.2) is 0 Å². The van der Waals surface area contributed by atoms with Crippen molar-refractivity contribution >= 4 is 21.8 Å². The fourth-order valence-corrected chi connectivity index (χ4v) is 2.13. The number of rotatable bonds is 9. The Hall–Kier alpha value is 0.220. The van der Waals surface area contributed by atoms with Crippen molar-refractivity contribution in [3.8, 4) is 0 Å². The lowest BCUT2D eigenvalue weighted by Gasteiger charge is -2.04. The van der Waals surface area contributed by atoms with Gasteiger partial charge in [0.1, 0.15) is 0 Å². The summed E-state index contributed by atoms with van der Waals surface area (Å²) in [5, 5.41) is 3.10. The second-order valence-electron chi connectivity index (χ2n) is 2.82. The van der Waals surface area contributed by atoms with Crippen LogP contribution in [-0.2, 0) is 10.0 Å². The number of nitrogens with one attached hydrogen (secondary N) is 2. The summed E-state index contributed by atoms with van der Waals surface area (Å²) in [5.74, 6) is 2.45. The average molecular weight is 240 g/mol. The van der Waals surface area contributed by atoms with Crippen molar-refractivity contribution in [1.29, 1.82) is 0 Å². The maximum absolute atomic E-state index is 11.0. The summed E-state index contributed by atoms with van der Waals surface area (Å²) in [6, 6.07) is 0. The smallest absolute Gasteiger partial charge is 0.212 e. The summed E-state index contributed by atoms with van der Waals surface area (Å²) in [6.07, 6.45) is 1.10. The number of hydrogen-bond donors (Lipinski definition) is 2. The molecule has 0 bridgehead atoms. The topological polar surface area (TPSA) is 58.2 Å². The molecule has 0 aromatic rings. The molecular weight excluding hydrogens is 220 g/mol. The highest BCUT2D eigenvalue weighted by atomic mass is 32.2. The van der Waals surface area contributed by atoms with Crippen molar-refractivity contribution in [3.05, 3.63) is 0 Å². The molecule has 0 aromatic heterocycles. The van der Waals surface area contributed by atoms with E-state index < -0.39 is 10.0 Å². The Kier molecular flexibility index (Phi) is 8.66. The van der Waals surface area contributed by atoms with Crippen molar-refractivity contribution in [2.75, 3.05) is 37.4 Å². The van der Waals surface area contributed by atoms with E-state index in [0.717, 1.165) is 24.5 Å². The number of hydrogen-bond acceptors (Lipinski definition) is 4. The molecule has 6 heteroatoms. The Balaban J connectivity index is 3.22. The Morgan fingerprint density at radius 1 is 1.29 bits per heavy atom. The van der Waals surface area contributed by atoms with E-state index in [2.05, 4.69) is 17.0 Å². The fourth-order valence-electron chi connectivity index (χ4n) is 0.877. The first kappa shape index (κ1) is 14.2. The van der Waals surface area contributed by atoms with Crippen LogP contribution in [0.5, 0.6) is 0 Å². The van der Waals surface area contributed by atoms with Crippen molar-refractivity contribution in [2.45, 2.75) is 13.3 Å². The zero-order valence-corrected chi connectivity index (χ0v) is 10.5. The average Bonchev–Trinajstić information content (AvgIpc) is 2.16. The molecular formula is C8H20N2O2S2. The molecule has 0 saturated heterocycles. The minimum absolute atomic E-state index is 0.157. The van der Waals surface area contributed by atoms with Gasteiger partial charge in [-0.2, -0.15) is 11.8 Å². The van der Waals surface area contributed by atoms with E-state index in [9.17, 15) is 8.42 Å². The molecule has 0 aliphatic rings. The molecule has 0 atom stereocenters. The largest absolute Gasteiger partial charge is 0.316 e. The van der Waals surface area contributed by atoms with Gasteiger partial charge in [0.25, 0.3) is 0 Å². The summed E-state index contributed by atoms with van der Waals surface area (Å²) in [7, 11) is -1.60. The van der Waals surface area contributed by atoms with Crippen LogP contribution in [0.25, 0.3) is 0 Å². The van der Waals surface area contributed by atoms with E-state index in [1.165, 1.54) is 7.05 Å². The molecule has 0 fully saturated rings. The van der Waals surface area contributed by atoms with Crippen LogP contribution in [-0.4, -0.2) is 45.8 Å². The van der Waals surface area contributed by atoms with Crippen molar-refractivity contribution < 1.29 is 8.42 Å². The van der Waals surface area contributed by atoms with Crippen LogP contribution in [0.1, 0.15) is 13.3 Å². The normalized spacial score (nSPS) is 11.9. The van der Waals surface area contributed by atoms with E-state index in [0.29, 0.717) is 6.54 Å². The van der Waals surface area contributed by atoms with Crippen LogP contribution >= 0.6 is 11.8 Å². The third-order valence-electron chi connectivity index (χ3n) is 1.70. The predicted molar refractivity (Wildman–Crippen MR) is 63.3 cm³/mol. The molecule has 14 heavy (non-hydrogen) atoms. The van der Waals surface area contributed by atoms with Crippen molar-refractivity contribution in [3.63, 3.8) is 0 Å². The minimum Gasteiger partial charge on any atom is -0.316 e. The molecule has 0 amide bonds. The predicted octanol–water partition coefficient (Wildman–Crippen LogP) is 0.268. The second kappa shape index (κ2) is 8.52. The third-order valence-corrected chi connectivity index (χ3v) is 4.05. The lowest BCUT2D eigenvalue weighted by Crippen LogP contribution is -2.30. The highest BCUT2D eigenvalue weighted by Gasteiger charge is 2.04. The molecule has 0 aliphatic heterocycles. The molecule has 0 unspecified atom stereocenters. The van der Waals surface area contributed by atoms with Gasteiger partial charge in [0.15, 0.2) is 0 Å². The maximum Gasteiger partial charge on any atom is 0.212 e. The van der Waals surface area contributed by atoms with Crippen LogP contribution in [0.2, 0.25) is 0 Å². The molecule has 4 nitrogen and oxygen atoms in total. The zero-order valence-electron chi connectivity index (χ0n) is 8.88. The SMILES string of the molecule is CCSCCCNCCS(=O)(=O)NC. The lowest BCUT2D eigenvalue weighted by atomic mass is 10.5. The first-order chi connectivity index (χ1) is 6.62. The molecule has 0 spiro atoms. The van der Waals surface area contributed by atoms with Gasteiger partial charge in [0, 0.05) is 6.54 Å². The summed E-state index contributed by atoms with van der Waals surface area (Å²) >= 11 is 1.91. The van der Waals surface area contributed by atoms with Gasteiger partial charge in [-0.05, 0) is 31.5 Å². The molecule has 0 aromatic carbocycles. The molecule has 2 N–H and O–H groups in total. The van der Waals surface area contributed by atoms with Gasteiger partial charge >= 0.3 is 0 Å². The van der Waals surface area contributed by atoms with Gasteiger partial charge in [0.2, 0.25) is 10.0 Å². The highest BCUT2D eigenvalue weighted by Crippen LogP contribution is 1.99. The van der Waals surface area contributed by atoms with Gasteiger partial charge in [-0.3, -0.25) is 0 Å². The number of sulfonamides is 1. The Bertz CT molecular complexity index is 217. The Morgan fingerprint density at radius 2 is 2.00 bits per heavy atom. The molecule has 0 heterocycles. The number of thioether (sulfide) groups is 1. The first-order valence-electron chi connectivity index (χ1n) is 4.82. The van der Waals surface area contributed by atoms with Crippen molar-refractivity contribution in [1.82, 2.24) is 10.0 Å². The van der Waals surface area contributed by atoms with E-state index in [-0.39, 0.29) is 5.75 Å². The highest BCUT2D eigenvalue weighted by molar-refractivity contribution is 7.99. The van der Waals surface area contributed by atoms with E-state index in [1.807, 2.05) is 11.8 Å². The lowest BCUT2D eigenvalue weighted by molar-refractivity contribution is 0.583. The second-order valence-corrected chi connectivity index (χ2v) is 6.26. The minimum atomic E-state index is -3.03. The zero-order chi connectivity index (χ0) is 10.9. The van der Waals surface area contributed by atoms with Gasteiger partial charge in [-0.15, -0.1) is 0 Å². The van der Waals surface area contributed by atoms with Crippen LogP contribution in [0.4, 0.5) is 0 Å². The first-order valence-corrected chi connectivity index (χ1v) is 7.62. The third kappa shape index (κ3) is 8.80. The van der Waals surface area contributed by atoms with Crippen molar-refractivity contribution in [2.24, 2.45) is 0 Å². The fraction of sp³-hybridized carbons (Fsp3) is 1.00. The van der Waals surface area contributed by atoms with Gasteiger partial charge in [-0.25, -0.2) is 13.1 Å². The standard InChI is InChI=1S/C8H20N2O2S2/c1-3-13-7-4-5-10-6-8-14(11,12)9-2/h9-10H,3-8H2,1-2H3. The maximum atomic E-state index is 11.0. The van der Waals surface area contributed by atoms with Gasteiger partial charge in [-0.1, -0.05) is 6.92 Å². The summed E-state index contributed by atoms with van der Waals surface area (Å²) in [4.78, 5) is 0. The Morgan fingerprint density at radius 3 is 2.57 bits per heavy atom. The molecule has 0 saturated carbocycles. The van der Waals surface area contributed by atoms with E-state index >= 15 is 0 Å². The monoisotopic (exact) mass is 240 g/mol. The van der Waals surface area contributed by atoms with E-state index in [4.69, 9.17) is 0 Å². The van der Waals surface area contributed by atoms with Gasteiger partial charge < -0.3 is 5.32 Å². The van der Waals surface area contributed by atoms with Crippen LogP contribution in [0.3, 0.4) is 0 Å². The summed E-state index contributed by atoms with van der Waals surface area (Å²) in [5.41, 5.74) is 0. The van der Waals surface area contributed by atoms with Crippen LogP contribution in [0, 0.1) is 0 Å². The molecule has 0 radical (unpaired) electrons. The van der Waals surface area contributed by atoms with Crippen LogP contribution < -0.4 is 10.0 Å². The molecule has 86 valence electrons. The quantitative estimate of drug-likeness (QED) is 0.568. The summed E-state index contributed by atoms with van der Waals surface area (Å²) < 4.78 is 24.2. The Labute approximate surface area is 91.3 Å².